The van der Waals surface area contributed by atoms with Crippen molar-refractivity contribution in [2.24, 2.45) is 11.8 Å². The molecule has 5 aromatic rings. The van der Waals surface area contributed by atoms with Crippen LogP contribution in [0, 0.1) is 11.8 Å². The first-order chi connectivity index (χ1) is 23.8. The first-order valence-electron chi connectivity index (χ1n) is 17.5. The van der Waals surface area contributed by atoms with Gasteiger partial charge in [-0.3, -0.25) is 4.79 Å². The monoisotopic (exact) mass is 661 g/mol. The van der Waals surface area contributed by atoms with E-state index < -0.39 is 12.0 Å². The molecule has 1 aliphatic carbocycles. The van der Waals surface area contributed by atoms with Crippen molar-refractivity contribution >= 4 is 16.6 Å². The van der Waals surface area contributed by atoms with Crippen molar-refractivity contribution in [2.75, 3.05) is 7.11 Å². The molecule has 7 nitrogen and oxygen atoms in total. The first-order valence-corrected chi connectivity index (χ1v) is 17.5. The van der Waals surface area contributed by atoms with E-state index in [1.54, 1.807) is 18.2 Å². The van der Waals surface area contributed by atoms with Crippen LogP contribution in [0.1, 0.15) is 60.8 Å². The zero-order valence-corrected chi connectivity index (χ0v) is 28.2. The Labute approximate surface area is 288 Å². The highest BCUT2D eigenvalue weighted by atomic mass is 16.5. The molecule has 0 spiro atoms. The minimum Gasteiger partial charge on any atom is -0.504 e. The Bertz CT molecular complexity index is 1830. The molecule has 1 aliphatic rings. The molecular formula is C42H47NO6. The fraction of sp³-hybridized carbons (Fsp3) is 0.357. The number of methoxy groups -OCH3 is 1. The maximum Gasteiger partial charge on any atom is 0.161 e. The van der Waals surface area contributed by atoms with Gasteiger partial charge in [0.15, 0.2) is 23.0 Å². The molecule has 4 aromatic carbocycles. The number of phenolic OH excluding ortho intramolecular Hbond substituents is 2. The minimum absolute atomic E-state index is 0.00602. The van der Waals surface area contributed by atoms with Crippen LogP contribution in [0.4, 0.5) is 0 Å². The fourth-order valence-electron chi connectivity index (χ4n) is 7.20. The van der Waals surface area contributed by atoms with E-state index in [9.17, 15) is 20.1 Å². The summed E-state index contributed by atoms with van der Waals surface area (Å²) in [5.41, 5.74) is 3.93. The lowest BCUT2D eigenvalue weighted by molar-refractivity contribution is -0.125. The van der Waals surface area contributed by atoms with Gasteiger partial charge in [-0.1, -0.05) is 61.0 Å². The van der Waals surface area contributed by atoms with Gasteiger partial charge in [0.25, 0.3) is 0 Å². The number of phenols is 2. The van der Waals surface area contributed by atoms with Crippen LogP contribution < -0.4 is 9.47 Å². The summed E-state index contributed by atoms with van der Waals surface area (Å²) < 4.78 is 11.6. The van der Waals surface area contributed by atoms with Gasteiger partial charge < -0.3 is 29.8 Å². The van der Waals surface area contributed by atoms with Crippen LogP contribution in [0.25, 0.3) is 10.8 Å². The van der Waals surface area contributed by atoms with Gasteiger partial charge in [0.1, 0.15) is 5.78 Å². The number of ether oxygens (including phenoxy) is 2. The maximum atomic E-state index is 14.2. The second-order valence-corrected chi connectivity index (χ2v) is 13.6. The molecule has 0 radical (unpaired) electrons. The third-order valence-corrected chi connectivity index (χ3v) is 9.96. The van der Waals surface area contributed by atoms with Gasteiger partial charge in [0, 0.05) is 24.7 Å². The summed E-state index contributed by atoms with van der Waals surface area (Å²) in [5.74, 6) is 0.350. The van der Waals surface area contributed by atoms with Crippen molar-refractivity contribution in [3.05, 3.63) is 120 Å². The first kappa shape index (κ1) is 34.1. The van der Waals surface area contributed by atoms with Crippen molar-refractivity contribution in [3.63, 3.8) is 0 Å². The molecule has 0 saturated heterocycles. The van der Waals surface area contributed by atoms with E-state index in [2.05, 4.69) is 35.3 Å². The number of carbonyl (C=O) groups excluding carboxylic acids is 1. The van der Waals surface area contributed by atoms with Crippen LogP contribution in [0.15, 0.2) is 97.3 Å². The van der Waals surface area contributed by atoms with E-state index in [1.807, 2.05) is 48.8 Å². The number of benzene rings is 4. The third-order valence-electron chi connectivity index (χ3n) is 9.96. The SMILES string of the molecule is COc1cc(CC(Cc2ccc3ccccc3c2)C(=O)CC(O)C(Cc2cc[nH]c2)Cc2ccc(O)c(OC3CCCCC3)c2)ccc1O. The fourth-order valence-corrected chi connectivity index (χ4v) is 7.20. The van der Waals surface area contributed by atoms with Crippen LogP contribution in [-0.2, 0) is 30.5 Å². The van der Waals surface area contributed by atoms with Gasteiger partial charge in [0.05, 0.1) is 19.3 Å². The number of aliphatic hydroxyl groups is 1. The number of nitrogens with one attached hydrogen (secondary N) is 1. The Hall–Kier alpha value is -4.75. The standard InChI is InChI=1S/C42H47NO6/c1-48-41-24-29(12-15-37(41)44)21-34(20-28-11-14-32-7-5-6-8-33(32)19-28)39(46)26-40(47)35(23-31-17-18-43-27-31)22-30-13-16-38(45)42(25-30)49-36-9-3-2-4-10-36/h5-8,11-19,24-25,27,34-36,40,43-45,47H,2-4,9-10,20-23,26H2,1H3. The lowest BCUT2D eigenvalue weighted by Crippen LogP contribution is -2.31. The lowest BCUT2D eigenvalue weighted by Gasteiger charge is -2.26. The number of ketones is 1. The zero-order valence-electron chi connectivity index (χ0n) is 28.2. The number of fused-ring (bicyclic) bond motifs is 1. The number of carbonyl (C=O) groups is 1. The Morgan fingerprint density at radius 2 is 1.39 bits per heavy atom. The maximum absolute atomic E-state index is 14.2. The van der Waals surface area contributed by atoms with E-state index in [1.165, 1.54) is 13.5 Å². The Morgan fingerprint density at radius 1 is 0.755 bits per heavy atom. The highest BCUT2D eigenvalue weighted by Gasteiger charge is 2.28. The molecule has 6 rings (SSSR count). The van der Waals surface area contributed by atoms with Crippen LogP contribution in [-0.4, -0.2) is 45.4 Å². The molecule has 4 N–H and O–H groups in total. The van der Waals surface area contributed by atoms with Crippen LogP contribution >= 0.6 is 0 Å². The molecular weight excluding hydrogens is 614 g/mol. The second kappa shape index (κ2) is 16.1. The molecule has 1 aromatic heterocycles. The number of hydrogen-bond donors (Lipinski definition) is 4. The summed E-state index contributed by atoms with van der Waals surface area (Å²) in [6.07, 6.45) is 10.5. The van der Waals surface area contributed by atoms with E-state index in [4.69, 9.17) is 9.47 Å². The number of rotatable bonds is 15. The van der Waals surface area contributed by atoms with E-state index in [-0.39, 0.29) is 35.7 Å². The molecule has 1 saturated carbocycles. The number of aliphatic hydroxyl groups excluding tert-OH is 1. The molecule has 256 valence electrons. The summed E-state index contributed by atoms with van der Waals surface area (Å²) >= 11 is 0. The van der Waals surface area contributed by atoms with E-state index in [0.717, 1.165) is 58.7 Å². The molecule has 0 bridgehead atoms. The van der Waals surface area contributed by atoms with Gasteiger partial charge >= 0.3 is 0 Å². The number of aromatic nitrogens is 1. The smallest absolute Gasteiger partial charge is 0.161 e. The number of H-pyrrole nitrogens is 1. The summed E-state index contributed by atoms with van der Waals surface area (Å²) in [6.45, 7) is 0. The zero-order chi connectivity index (χ0) is 34.2. The second-order valence-electron chi connectivity index (χ2n) is 13.6. The number of aromatic hydroxyl groups is 2. The molecule has 3 unspecified atom stereocenters. The Kier molecular flexibility index (Phi) is 11.2. The van der Waals surface area contributed by atoms with Gasteiger partial charge in [0.2, 0.25) is 0 Å². The molecule has 3 atom stereocenters. The summed E-state index contributed by atoms with van der Waals surface area (Å²) in [7, 11) is 1.51. The largest absolute Gasteiger partial charge is 0.504 e. The highest BCUT2D eigenvalue weighted by Crippen LogP contribution is 2.34. The van der Waals surface area contributed by atoms with Gasteiger partial charge in [-0.2, -0.15) is 0 Å². The predicted octanol–water partition coefficient (Wildman–Crippen LogP) is 8.12. The van der Waals surface area contributed by atoms with E-state index >= 15 is 0 Å². The van der Waals surface area contributed by atoms with Crippen molar-refractivity contribution in [3.8, 4) is 23.0 Å². The van der Waals surface area contributed by atoms with Crippen molar-refractivity contribution in [1.82, 2.24) is 4.98 Å². The average molecular weight is 662 g/mol. The average Bonchev–Trinajstić information content (AvgIpc) is 3.63. The topological polar surface area (TPSA) is 112 Å². The van der Waals surface area contributed by atoms with Gasteiger partial charge in [-0.15, -0.1) is 0 Å². The van der Waals surface area contributed by atoms with Gasteiger partial charge in [-0.25, -0.2) is 0 Å². The number of Topliss-reactive ketones (excluding diaryl/α,β-unsaturated/α-hetero) is 1. The molecule has 1 fully saturated rings. The summed E-state index contributed by atoms with van der Waals surface area (Å²) in [4.78, 5) is 17.3. The molecule has 0 amide bonds. The molecule has 0 aliphatic heterocycles. The molecule has 1 heterocycles. The van der Waals surface area contributed by atoms with Crippen LogP contribution in [0.2, 0.25) is 0 Å². The minimum atomic E-state index is -0.896. The highest BCUT2D eigenvalue weighted by molar-refractivity contribution is 5.84. The van der Waals surface area contributed by atoms with Crippen LogP contribution in [0.3, 0.4) is 0 Å². The normalized spacial score (nSPS) is 15.5. The Balaban J connectivity index is 1.23. The lowest BCUT2D eigenvalue weighted by atomic mass is 9.82. The third kappa shape index (κ3) is 9.04. The van der Waals surface area contributed by atoms with E-state index in [0.29, 0.717) is 37.2 Å². The summed E-state index contributed by atoms with van der Waals surface area (Å²) in [6, 6.07) is 27.1. The van der Waals surface area contributed by atoms with Crippen molar-refractivity contribution < 1.29 is 29.6 Å². The molecule has 49 heavy (non-hydrogen) atoms. The van der Waals surface area contributed by atoms with Gasteiger partial charge in [-0.05, 0) is 121 Å². The predicted molar refractivity (Wildman–Crippen MR) is 192 cm³/mol. The number of aromatic amines is 1. The summed E-state index contributed by atoms with van der Waals surface area (Å²) in [5, 5.41) is 34.8. The molecule has 7 heteroatoms. The number of hydrogen-bond acceptors (Lipinski definition) is 6. The quantitative estimate of drug-likeness (QED) is 0.0902. The van der Waals surface area contributed by atoms with Crippen molar-refractivity contribution in [1.29, 1.82) is 0 Å². The Morgan fingerprint density at radius 3 is 2.10 bits per heavy atom. The van der Waals surface area contributed by atoms with Crippen LogP contribution in [0.5, 0.6) is 23.0 Å². The van der Waals surface area contributed by atoms with Crippen molar-refractivity contribution in [2.45, 2.75) is 76.4 Å².